The second kappa shape index (κ2) is 7.28. The van der Waals surface area contributed by atoms with Crippen LogP contribution in [0.5, 0.6) is 0 Å². The van der Waals surface area contributed by atoms with E-state index in [1.807, 2.05) is 20.8 Å². The molecular formula is C20H23FN2O4. The number of hydrogen-bond acceptors (Lipinski definition) is 5. The van der Waals surface area contributed by atoms with Gasteiger partial charge in [-0.25, -0.2) is 9.18 Å². The number of nitriles is 1. The Morgan fingerprint density at radius 1 is 1.26 bits per heavy atom. The zero-order valence-corrected chi connectivity index (χ0v) is 15.7. The van der Waals surface area contributed by atoms with Gasteiger partial charge in [-0.1, -0.05) is 0 Å². The largest absolute Gasteiger partial charge is 0.444 e. The molecule has 0 aromatic heterocycles. The molecule has 1 aromatic carbocycles. The molecule has 7 heteroatoms. The number of benzene rings is 1. The molecule has 2 unspecified atom stereocenters. The topological polar surface area (TPSA) is 79.6 Å². The maximum absolute atomic E-state index is 13.9. The number of piperidine rings is 1. The first-order valence-corrected chi connectivity index (χ1v) is 9.02. The summed E-state index contributed by atoms with van der Waals surface area (Å²) in [6.45, 7) is 6.13. The van der Waals surface area contributed by atoms with Gasteiger partial charge >= 0.3 is 6.09 Å². The second-order valence-corrected chi connectivity index (χ2v) is 8.07. The first-order valence-electron chi connectivity index (χ1n) is 9.02. The summed E-state index contributed by atoms with van der Waals surface area (Å²) in [5, 5.41) is 8.83. The van der Waals surface area contributed by atoms with Gasteiger partial charge in [0.1, 0.15) is 17.5 Å². The quantitative estimate of drug-likeness (QED) is 0.742. The van der Waals surface area contributed by atoms with E-state index in [2.05, 4.69) is 0 Å². The number of ether oxygens (including phenoxy) is 2. The molecule has 3 rings (SSSR count). The highest BCUT2D eigenvalue weighted by Crippen LogP contribution is 2.34. The summed E-state index contributed by atoms with van der Waals surface area (Å²) in [4.78, 5) is 27.1. The minimum Gasteiger partial charge on any atom is -0.444 e. The molecule has 2 heterocycles. The number of ketones is 1. The van der Waals surface area contributed by atoms with Crippen molar-refractivity contribution in [1.82, 2.24) is 4.90 Å². The fourth-order valence-corrected chi connectivity index (χ4v) is 3.74. The summed E-state index contributed by atoms with van der Waals surface area (Å²) in [5.41, 5.74) is -0.434. The van der Waals surface area contributed by atoms with E-state index >= 15 is 0 Å². The monoisotopic (exact) mass is 374 g/mol. The molecule has 2 bridgehead atoms. The normalized spacial score (nSPS) is 24.9. The number of amides is 1. The van der Waals surface area contributed by atoms with Gasteiger partial charge in [0.25, 0.3) is 0 Å². The highest BCUT2D eigenvalue weighted by Gasteiger charge is 2.45. The number of halogens is 1. The van der Waals surface area contributed by atoms with Crippen LogP contribution >= 0.6 is 0 Å². The molecule has 144 valence electrons. The number of nitrogens with zero attached hydrogens (tertiary/aromatic N) is 2. The number of Topliss-reactive ketones (excluding diaryl/α,β-unsaturated/α-hetero) is 1. The second-order valence-electron chi connectivity index (χ2n) is 8.07. The van der Waals surface area contributed by atoms with Crippen LogP contribution in [0.1, 0.15) is 49.5 Å². The van der Waals surface area contributed by atoms with Crippen LogP contribution in [0.2, 0.25) is 0 Å². The third-order valence-electron chi connectivity index (χ3n) is 4.87. The van der Waals surface area contributed by atoms with Gasteiger partial charge in [0, 0.05) is 11.5 Å². The number of carbonyl (C=O) groups is 2. The van der Waals surface area contributed by atoms with Crippen molar-refractivity contribution in [2.24, 2.45) is 5.92 Å². The maximum atomic E-state index is 13.9. The molecule has 2 aliphatic rings. The average molecular weight is 374 g/mol. The van der Waals surface area contributed by atoms with Gasteiger partial charge < -0.3 is 9.47 Å². The van der Waals surface area contributed by atoms with Gasteiger partial charge in [0.15, 0.2) is 5.78 Å². The van der Waals surface area contributed by atoms with Crippen molar-refractivity contribution in [3.63, 3.8) is 0 Å². The minimum absolute atomic E-state index is 0.0865. The van der Waals surface area contributed by atoms with Crippen LogP contribution in [0.15, 0.2) is 18.2 Å². The predicted octanol–water partition coefficient (Wildman–Crippen LogP) is 3.29. The van der Waals surface area contributed by atoms with Crippen LogP contribution in [-0.4, -0.2) is 47.7 Å². The van der Waals surface area contributed by atoms with Crippen molar-refractivity contribution < 1.29 is 23.5 Å². The molecule has 0 aliphatic carbocycles. The van der Waals surface area contributed by atoms with Gasteiger partial charge in [-0.2, -0.15) is 5.26 Å². The zero-order chi connectivity index (χ0) is 19.8. The fourth-order valence-electron chi connectivity index (χ4n) is 3.74. The van der Waals surface area contributed by atoms with Gasteiger partial charge in [-0.15, -0.1) is 0 Å². The van der Waals surface area contributed by atoms with Crippen molar-refractivity contribution in [1.29, 1.82) is 5.26 Å². The SMILES string of the molecule is CC(C)(C)OC(=O)N1C2COCC1CC(C(=O)c1ccc(C#N)c(F)c1)C2. The van der Waals surface area contributed by atoms with Crippen molar-refractivity contribution in [2.45, 2.75) is 51.3 Å². The first-order chi connectivity index (χ1) is 12.7. The van der Waals surface area contributed by atoms with Gasteiger partial charge in [-0.05, 0) is 51.8 Å². The summed E-state index contributed by atoms with van der Waals surface area (Å²) < 4.78 is 24.9. The maximum Gasteiger partial charge on any atom is 0.410 e. The van der Waals surface area contributed by atoms with Crippen LogP contribution in [0.3, 0.4) is 0 Å². The lowest BCUT2D eigenvalue weighted by molar-refractivity contribution is -0.0861. The number of rotatable bonds is 2. The highest BCUT2D eigenvalue weighted by molar-refractivity contribution is 5.98. The number of morpholine rings is 1. The molecule has 0 radical (unpaired) electrons. The fraction of sp³-hybridized carbons (Fsp3) is 0.550. The van der Waals surface area contributed by atoms with Crippen molar-refractivity contribution in [3.8, 4) is 6.07 Å². The van der Waals surface area contributed by atoms with Crippen LogP contribution in [0.25, 0.3) is 0 Å². The summed E-state index contributed by atoms with van der Waals surface area (Å²) in [6.07, 6.45) is 0.489. The smallest absolute Gasteiger partial charge is 0.410 e. The molecule has 2 atom stereocenters. The summed E-state index contributed by atoms with van der Waals surface area (Å²) in [7, 11) is 0. The Bertz CT molecular complexity index is 782. The summed E-state index contributed by atoms with van der Waals surface area (Å²) in [5.74, 6) is -1.19. The molecule has 2 fully saturated rings. The summed E-state index contributed by atoms with van der Waals surface area (Å²) >= 11 is 0. The lowest BCUT2D eigenvalue weighted by Gasteiger charge is -2.47. The lowest BCUT2D eigenvalue weighted by atomic mass is 9.80. The van der Waals surface area contributed by atoms with Gasteiger partial charge in [0.05, 0.1) is 30.9 Å². The van der Waals surface area contributed by atoms with Crippen molar-refractivity contribution in [3.05, 3.63) is 35.1 Å². The number of carbonyl (C=O) groups excluding carboxylic acids is 2. The van der Waals surface area contributed by atoms with Gasteiger partial charge in [0.2, 0.25) is 0 Å². The van der Waals surface area contributed by atoms with E-state index in [9.17, 15) is 14.0 Å². The van der Waals surface area contributed by atoms with Crippen molar-refractivity contribution in [2.75, 3.05) is 13.2 Å². The van der Waals surface area contributed by atoms with E-state index in [4.69, 9.17) is 14.7 Å². The predicted molar refractivity (Wildman–Crippen MR) is 94.6 cm³/mol. The Hall–Kier alpha value is -2.46. The molecule has 27 heavy (non-hydrogen) atoms. The Kier molecular flexibility index (Phi) is 5.20. The van der Waals surface area contributed by atoms with Crippen LogP contribution in [-0.2, 0) is 9.47 Å². The van der Waals surface area contributed by atoms with Crippen molar-refractivity contribution >= 4 is 11.9 Å². The Morgan fingerprint density at radius 2 is 1.89 bits per heavy atom. The Morgan fingerprint density at radius 3 is 2.41 bits per heavy atom. The van der Waals surface area contributed by atoms with E-state index in [0.29, 0.717) is 26.1 Å². The molecule has 1 amide bonds. The van der Waals surface area contributed by atoms with E-state index in [1.54, 1.807) is 11.0 Å². The molecule has 2 saturated heterocycles. The standard InChI is InChI=1S/C20H23FN2O4/c1-20(2,3)27-19(25)23-15-6-14(7-16(23)11-26-10-15)18(24)12-4-5-13(9-22)17(21)8-12/h4-5,8,14-16H,6-7,10-11H2,1-3H3. The van der Waals surface area contributed by atoms with Crippen LogP contribution in [0, 0.1) is 23.1 Å². The summed E-state index contributed by atoms with van der Waals surface area (Å²) in [6, 6.07) is 5.18. The molecule has 2 aliphatic heterocycles. The van der Waals surface area contributed by atoms with E-state index in [1.165, 1.54) is 12.1 Å². The molecule has 0 spiro atoms. The molecule has 0 N–H and O–H groups in total. The molecular weight excluding hydrogens is 351 g/mol. The minimum atomic E-state index is -0.696. The third-order valence-corrected chi connectivity index (χ3v) is 4.87. The van der Waals surface area contributed by atoms with Crippen LogP contribution < -0.4 is 0 Å². The zero-order valence-electron chi connectivity index (χ0n) is 15.7. The average Bonchev–Trinajstić information content (AvgIpc) is 2.58. The first kappa shape index (κ1) is 19.3. The van der Waals surface area contributed by atoms with Gasteiger partial charge in [-0.3, -0.25) is 9.69 Å². The molecule has 1 aromatic rings. The van der Waals surface area contributed by atoms with E-state index < -0.39 is 17.5 Å². The third kappa shape index (κ3) is 4.11. The Labute approximate surface area is 157 Å². The molecule has 0 saturated carbocycles. The number of hydrogen-bond donors (Lipinski definition) is 0. The molecule has 6 nitrogen and oxygen atoms in total. The number of fused-ring (bicyclic) bond motifs is 2. The van der Waals surface area contributed by atoms with Crippen LogP contribution in [0.4, 0.5) is 9.18 Å². The Balaban J connectivity index is 1.76. The van der Waals surface area contributed by atoms with E-state index in [-0.39, 0.29) is 34.9 Å². The lowest BCUT2D eigenvalue weighted by Crippen LogP contribution is -2.60. The van der Waals surface area contributed by atoms with E-state index in [0.717, 1.165) is 6.07 Å². The highest BCUT2D eigenvalue weighted by atomic mass is 19.1.